The Bertz CT molecular complexity index is 751. The van der Waals surface area contributed by atoms with Gasteiger partial charge in [-0.15, -0.1) is 11.3 Å². The van der Waals surface area contributed by atoms with Crippen molar-refractivity contribution in [2.75, 3.05) is 5.32 Å². The van der Waals surface area contributed by atoms with E-state index in [-0.39, 0.29) is 35.2 Å². The summed E-state index contributed by atoms with van der Waals surface area (Å²) in [7, 11) is -3.85. The largest absolute Gasteiger partial charge is 1.00 e. The standard InChI is InChI=1S/C13H13ClN2O3S2.Na.H/c1-2-11-7-8-12(20-11)21(18,19)16-13(17)15-10-5-3-9(14)4-6-10;;/h3-8H,2H2,1H3,(H2,15,16,17);;/q;+1;-1. The summed E-state index contributed by atoms with van der Waals surface area (Å²) in [6.07, 6.45) is 0.747. The third-order valence-electron chi connectivity index (χ3n) is 2.58. The van der Waals surface area contributed by atoms with E-state index in [1.54, 1.807) is 30.3 Å². The van der Waals surface area contributed by atoms with E-state index in [9.17, 15) is 13.2 Å². The molecular formula is C13H14ClN2NaO3S2. The fourth-order valence-corrected chi connectivity index (χ4v) is 3.88. The number of hydrogen-bond donors (Lipinski definition) is 2. The van der Waals surface area contributed by atoms with Crippen LogP contribution in [0.25, 0.3) is 0 Å². The molecule has 2 amide bonds. The zero-order chi connectivity index (χ0) is 15.5. The summed E-state index contributed by atoms with van der Waals surface area (Å²) in [6.45, 7) is 1.93. The van der Waals surface area contributed by atoms with Crippen LogP contribution in [0.2, 0.25) is 5.02 Å². The molecule has 1 aromatic heterocycles. The summed E-state index contributed by atoms with van der Waals surface area (Å²) in [4.78, 5) is 12.7. The first-order chi connectivity index (χ1) is 9.90. The van der Waals surface area contributed by atoms with E-state index in [0.29, 0.717) is 10.7 Å². The van der Waals surface area contributed by atoms with E-state index >= 15 is 0 Å². The molecule has 2 N–H and O–H groups in total. The Hall–Kier alpha value is -0.570. The second kappa shape index (κ2) is 8.33. The van der Waals surface area contributed by atoms with Crippen molar-refractivity contribution in [1.82, 2.24) is 4.72 Å². The first-order valence-corrected chi connectivity index (χ1v) is 8.76. The molecule has 0 saturated heterocycles. The van der Waals surface area contributed by atoms with Gasteiger partial charge in [-0.2, -0.15) is 0 Å². The van der Waals surface area contributed by atoms with Crippen LogP contribution in [0, 0.1) is 0 Å². The van der Waals surface area contributed by atoms with Gasteiger partial charge in [-0.25, -0.2) is 17.9 Å². The molecule has 0 atom stereocenters. The van der Waals surface area contributed by atoms with Crippen LogP contribution < -0.4 is 39.6 Å². The predicted octanol–water partition coefficient (Wildman–Crippen LogP) is 0.591. The van der Waals surface area contributed by atoms with Crippen LogP contribution >= 0.6 is 22.9 Å². The van der Waals surface area contributed by atoms with Crippen molar-refractivity contribution in [1.29, 1.82) is 0 Å². The summed E-state index contributed by atoms with van der Waals surface area (Å²) < 4.78 is 26.2. The SMILES string of the molecule is CCc1ccc(S(=O)(=O)NC(=O)Nc2ccc(Cl)cc2)s1.[H-].[Na+]. The number of rotatable bonds is 4. The molecule has 1 aromatic carbocycles. The molecule has 114 valence electrons. The van der Waals surface area contributed by atoms with Gasteiger partial charge >= 0.3 is 35.6 Å². The van der Waals surface area contributed by atoms with Crippen molar-refractivity contribution in [2.45, 2.75) is 17.6 Å². The first-order valence-electron chi connectivity index (χ1n) is 6.09. The number of aryl methyl sites for hydroxylation is 1. The van der Waals surface area contributed by atoms with E-state index in [1.807, 2.05) is 11.6 Å². The third-order valence-corrected chi connectivity index (χ3v) is 5.88. The number of thiophene rings is 1. The average molecular weight is 369 g/mol. The fraction of sp³-hybridized carbons (Fsp3) is 0.154. The van der Waals surface area contributed by atoms with Crippen LogP contribution in [0.3, 0.4) is 0 Å². The summed E-state index contributed by atoms with van der Waals surface area (Å²) in [5, 5.41) is 2.96. The summed E-state index contributed by atoms with van der Waals surface area (Å²) in [5.41, 5.74) is 0.451. The third kappa shape index (κ3) is 5.26. The monoisotopic (exact) mass is 368 g/mol. The topological polar surface area (TPSA) is 75.3 Å². The molecule has 9 heteroatoms. The van der Waals surface area contributed by atoms with Crippen molar-refractivity contribution in [3.63, 3.8) is 0 Å². The second-order valence-electron chi connectivity index (χ2n) is 4.14. The zero-order valence-electron chi connectivity index (χ0n) is 13.1. The molecule has 0 unspecified atom stereocenters. The second-order valence-corrected chi connectivity index (χ2v) is 7.65. The maximum absolute atomic E-state index is 12.0. The number of nitrogens with one attached hydrogen (secondary N) is 2. The molecule has 0 bridgehead atoms. The summed E-state index contributed by atoms with van der Waals surface area (Å²) >= 11 is 6.87. The Morgan fingerprint density at radius 2 is 1.86 bits per heavy atom. The van der Waals surface area contributed by atoms with Gasteiger partial charge in [0.05, 0.1) is 0 Å². The summed E-state index contributed by atoms with van der Waals surface area (Å²) in [5.74, 6) is 0. The number of carbonyl (C=O) groups excluding carboxylic acids is 1. The summed E-state index contributed by atoms with van der Waals surface area (Å²) in [6, 6.07) is 8.75. The zero-order valence-corrected chi connectivity index (χ0v) is 16.5. The molecular weight excluding hydrogens is 355 g/mol. The Morgan fingerprint density at radius 3 is 2.41 bits per heavy atom. The molecule has 2 rings (SSSR count). The minimum atomic E-state index is -3.85. The molecule has 22 heavy (non-hydrogen) atoms. The molecule has 2 aromatic rings. The molecule has 0 aliphatic rings. The predicted molar refractivity (Wildman–Crippen MR) is 85.6 cm³/mol. The van der Waals surface area contributed by atoms with Gasteiger partial charge in [0.15, 0.2) is 0 Å². The van der Waals surface area contributed by atoms with Crippen LogP contribution in [0.4, 0.5) is 10.5 Å². The minimum Gasteiger partial charge on any atom is -1.00 e. The van der Waals surface area contributed by atoms with Gasteiger partial charge in [0.1, 0.15) is 4.21 Å². The van der Waals surface area contributed by atoms with Crippen LogP contribution in [-0.2, 0) is 16.4 Å². The molecule has 0 aliphatic carbocycles. The Labute approximate surface area is 161 Å². The van der Waals surface area contributed by atoms with E-state index < -0.39 is 16.1 Å². The molecule has 0 saturated carbocycles. The van der Waals surface area contributed by atoms with Gasteiger partial charge in [0.2, 0.25) is 0 Å². The van der Waals surface area contributed by atoms with E-state index in [2.05, 4.69) is 5.32 Å². The van der Waals surface area contributed by atoms with Gasteiger partial charge in [-0.3, -0.25) is 0 Å². The van der Waals surface area contributed by atoms with Crippen LogP contribution in [-0.4, -0.2) is 14.4 Å². The maximum Gasteiger partial charge on any atom is 1.00 e. The van der Waals surface area contributed by atoms with E-state index in [4.69, 9.17) is 11.6 Å². The smallest absolute Gasteiger partial charge is 1.00 e. The number of urea groups is 1. The van der Waals surface area contributed by atoms with Gasteiger partial charge in [-0.05, 0) is 42.8 Å². The van der Waals surface area contributed by atoms with Crippen molar-refractivity contribution in [2.24, 2.45) is 0 Å². The van der Waals surface area contributed by atoms with Gasteiger partial charge < -0.3 is 6.74 Å². The van der Waals surface area contributed by atoms with E-state index in [1.165, 1.54) is 6.07 Å². The Morgan fingerprint density at radius 1 is 1.23 bits per heavy atom. The number of halogens is 1. The quantitative estimate of drug-likeness (QED) is 0.776. The Balaban J connectivity index is 0.00000242. The molecule has 0 aliphatic heterocycles. The van der Waals surface area contributed by atoms with Crippen LogP contribution in [0.15, 0.2) is 40.6 Å². The first kappa shape index (κ1) is 19.5. The minimum absolute atomic E-state index is 0. The number of anilines is 1. The normalized spacial score (nSPS) is 10.6. The fourth-order valence-electron chi connectivity index (χ4n) is 1.55. The average Bonchev–Trinajstić information content (AvgIpc) is 2.90. The van der Waals surface area contributed by atoms with Crippen molar-refractivity contribution in [3.05, 3.63) is 46.3 Å². The molecule has 0 spiro atoms. The van der Waals surface area contributed by atoms with Gasteiger partial charge in [0, 0.05) is 15.6 Å². The molecule has 0 fully saturated rings. The van der Waals surface area contributed by atoms with Crippen LogP contribution in [0.5, 0.6) is 0 Å². The number of sulfonamides is 1. The Kier molecular flexibility index (Phi) is 7.37. The van der Waals surface area contributed by atoms with E-state index in [0.717, 1.165) is 22.6 Å². The molecule has 5 nitrogen and oxygen atoms in total. The van der Waals surface area contributed by atoms with Gasteiger partial charge in [-0.1, -0.05) is 18.5 Å². The van der Waals surface area contributed by atoms with Gasteiger partial charge in [0.25, 0.3) is 10.0 Å². The number of benzene rings is 1. The number of amides is 2. The van der Waals surface area contributed by atoms with Crippen molar-refractivity contribution in [3.8, 4) is 0 Å². The molecule has 1 heterocycles. The molecule has 0 radical (unpaired) electrons. The van der Waals surface area contributed by atoms with Crippen molar-refractivity contribution < 1.29 is 44.2 Å². The van der Waals surface area contributed by atoms with Crippen molar-refractivity contribution >= 4 is 44.7 Å². The number of carbonyl (C=O) groups is 1. The number of hydrogen-bond acceptors (Lipinski definition) is 4. The van der Waals surface area contributed by atoms with Crippen LogP contribution in [0.1, 0.15) is 13.2 Å². The maximum atomic E-state index is 12.0.